The second-order valence-corrected chi connectivity index (χ2v) is 5.31. The second-order valence-electron chi connectivity index (χ2n) is 4.39. The van der Waals surface area contributed by atoms with Crippen LogP contribution in [-0.4, -0.2) is 19.1 Å². The summed E-state index contributed by atoms with van der Waals surface area (Å²) in [6, 6.07) is 5.72. The second kappa shape index (κ2) is 8.93. The van der Waals surface area contributed by atoms with E-state index in [2.05, 4.69) is 28.2 Å². The smallest absolute Gasteiger partial charge is 0.255 e. The molecule has 4 nitrogen and oxygen atoms in total. The topological polar surface area (TPSA) is 64.3 Å². The Morgan fingerprint density at radius 2 is 2.21 bits per heavy atom. The monoisotopic (exact) mass is 328 g/mol. The molecule has 0 atom stereocenters. The Hall–Kier alpha value is -1.07. The van der Waals surface area contributed by atoms with Crippen LogP contribution in [-0.2, 0) is 11.3 Å². The lowest BCUT2D eigenvalue weighted by Gasteiger charge is -2.11. The molecule has 0 radical (unpaired) electrons. The van der Waals surface area contributed by atoms with Gasteiger partial charge in [-0.3, -0.25) is 4.79 Å². The van der Waals surface area contributed by atoms with Gasteiger partial charge in [-0.05, 0) is 31.2 Å². The van der Waals surface area contributed by atoms with Crippen LogP contribution >= 0.6 is 15.9 Å². The number of rotatable bonds is 9. The lowest BCUT2D eigenvalue weighted by molar-refractivity contribution is -0.119. The molecule has 0 saturated carbocycles. The number of amides is 1. The third-order valence-corrected chi connectivity index (χ3v) is 3.16. The molecule has 0 heterocycles. The Kier molecular flexibility index (Phi) is 7.52. The number of nitrogens with two attached hydrogens (primary N) is 1. The van der Waals surface area contributed by atoms with Gasteiger partial charge in [0, 0.05) is 16.6 Å². The molecule has 1 aromatic rings. The third-order valence-electron chi connectivity index (χ3n) is 2.67. The van der Waals surface area contributed by atoms with Crippen LogP contribution in [0, 0.1) is 0 Å². The quantitative estimate of drug-likeness (QED) is 0.685. The van der Waals surface area contributed by atoms with E-state index in [1.54, 1.807) is 0 Å². The fourth-order valence-corrected chi connectivity index (χ4v) is 2.11. The zero-order valence-corrected chi connectivity index (χ0v) is 12.8. The fraction of sp³-hybridized carbons (Fsp3) is 0.500. The molecule has 1 amide bonds. The zero-order valence-electron chi connectivity index (χ0n) is 11.2. The van der Waals surface area contributed by atoms with Crippen LogP contribution in [0.2, 0.25) is 0 Å². The maximum Gasteiger partial charge on any atom is 0.255 e. The highest BCUT2D eigenvalue weighted by Crippen LogP contribution is 2.23. The maximum absolute atomic E-state index is 10.8. The van der Waals surface area contributed by atoms with E-state index in [0.717, 1.165) is 23.1 Å². The lowest BCUT2D eigenvalue weighted by atomic mass is 10.2. The van der Waals surface area contributed by atoms with E-state index in [9.17, 15) is 4.79 Å². The summed E-state index contributed by atoms with van der Waals surface area (Å²) in [5.74, 6) is 0.231. The van der Waals surface area contributed by atoms with Crippen LogP contribution in [0.1, 0.15) is 31.7 Å². The number of ether oxygens (including phenoxy) is 1. The van der Waals surface area contributed by atoms with Crippen LogP contribution in [0.15, 0.2) is 22.7 Å². The summed E-state index contributed by atoms with van der Waals surface area (Å²) in [5, 5.41) is 3.37. The van der Waals surface area contributed by atoms with E-state index in [1.807, 2.05) is 18.2 Å². The van der Waals surface area contributed by atoms with Crippen LogP contribution < -0.4 is 15.8 Å². The number of halogens is 1. The molecule has 1 rings (SSSR count). The van der Waals surface area contributed by atoms with E-state index in [1.165, 1.54) is 19.3 Å². The molecule has 0 bridgehead atoms. The van der Waals surface area contributed by atoms with E-state index >= 15 is 0 Å². The minimum atomic E-state index is -0.468. The molecule has 0 saturated heterocycles. The van der Waals surface area contributed by atoms with Gasteiger partial charge in [0.1, 0.15) is 5.75 Å². The van der Waals surface area contributed by atoms with Crippen molar-refractivity contribution in [1.82, 2.24) is 5.32 Å². The summed E-state index contributed by atoms with van der Waals surface area (Å²) < 4.78 is 6.39. The number of carbonyl (C=O) groups is 1. The Morgan fingerprint density at radius 1 is 1.42 bits per heavy atom. The summed E-state index contributed by atoms with van der Waals surface area (Å²) in [4.78, 5) is 10.8. The van der Waals surface area contributed by atoms with Gasteiger partial charge < -0.3 is 15.8 Å². The summed E-state index contributed by atoms with van der Waals surface area (Å²) in [6.07, 6.45) is 3.62. The standard InChI is InChI=1S/C14H21BrN2O2/c1-2-3-4-7-17-9-11-8-12(15)5-6-13(11)19-10-14(16)18/h5-6,8,17H,2-4,7,9-10H2,1H3,(H2,16,18). The van der Waals surface area contributed by atoms with Crippen molar-refractivity contribution in [1.29, 1.82) is 0 Å². The largest absolute Gasteiger partial charge is 0.483 e. The van der Waals surface area contributed by atoms with Crippen LogP contribution in [0.25, 0.3) is 0 Å². The molecule has 0 aliphatic heterocycles. The van der Waals surface area contributed by atoms with Gasteiger partial charge in [-0.2, -0.15) is 0 Å². The first-order valence-corrected chi connectivity index (χ1v) is 7.33. The number of hydrogen-bond donors (Lipinski definition) is 2. The Bertz CT molecular complexity index is 410. The van der Waals surface area contributed by atoms with E-state index in [-0.39, 0.29) is 6.61 Å². The van der Waals surface area contributed by atoms with Gasteiger partial charge in [-0.25, -0.2) is 0 Å². The van der Waals surface area contributed by atoms with Gasteiger partial charge in [0.15, 0.2) is 6.61 Å². The first kappa shape index (κ1) is 16.0. The molecule has 0 spiro atoms. The van der Waals surface area contributed by atoms with Gasteiger partial charge in [0.25, 0.3) is 5.91 Å². The lowest BCUT2D eigenvalue weighted by Crippen LogP contribution is -2.21. The Morgan fingerprint density at radius 3 is 2.89 bits per heavy atom. The zero-order chi connectivity index (χ0) is 14.1. The van der Waals surface area contributed by atoms with E-state index in [0.29, 0.717) is 5.75 Å². The molecule has 5 heteroatoms. The van der Waals surface area contributed by atoms with Crippen molar-refractivity contribution in [2.45, 2.75) is 32.7 Å². The van der Waals surface area contributed by atoms with Gasteiger partial charge >= 0.3 is 0 Å². The molecule has 106 valence electrons. The predicted octanol–water partition coefficient (Wildman–Crippen LogP) is 2.59. The Labute approximate surface area is 122 Å². The van der Waals surface area contributed by atoms with Gasteiger partial charge in [0.05, 0.1) is 0 Å². The Balaban J connectivity index is 2.53. The molecule has 19 heavy (non-hydrogen) atoms. The highest BCUT2D eigenvalue weighted by atomic mass is 79.9. The molecule has 0 aliphatic rings. The first-order chi connectivity index (χ1) is 9.13. The maximum atomic E-state index is 10.8. The number of primary amides is 1. The number of unbranched alkanes of at least 4 members (excludes halogenated alkanes) is 2. The van der Waals surface area contributed by atoms with Gasteiger partial charge in [0.2, 0.25) is 0 Å². The van der Waals surface area contributed by atoms with Crippen molar-refractivity contribution in [3.63, 3.8) is 0 Å². The van der Waals surface area contributed by atoms with E-state index in [4.69, 9.17) is 10.5 Å². The highest BCUT2D eigenvalue weighted by Gasteiger charge is 2.06. The summed E-state index contributed by atoms with van der Waals surface area (Å²) in [5.41, 5.74) is 6.11. The number of nitrogens with one attached hydrogen (secondary N) is 1. The fourth-order valence-electron chi connectivity index (χ4n) is 1.70. The van der Waals surface area contributed by atoms with Crippen LogP contribution in [0.3, 0.4) is 0 Å². The molecular formula is C14H21BrN2O2. The average molecular weight is 329 g/mol. The molecule has 3 N–H and O–H groups in total. The number of benzene rings is 1. The van der Waals surface area contributed by atoms with Gasteiger partial charge in [-0.15, -0.1) is 0 Å². The normalized spacial score (nSPS) is 10.4. The molecule has 0 aliphatic carbocycles. The van der Waals surface area contributed by atoms with Gasteiger partial charge in [-0.1, -0.05) is 35.7 Å². The average Bonchev–Trinajstić information content (AvgIpc) is 2.37. The summed E-state index contributed by atoms with van der Waals surface area (Å²) in [7, 11) is 0. The molecule has 1 aromatic carbocycles. The van der Waals surface area contributed by atoms with Crippen LogP contribution in [0.5, 0.6) is 5.75 Å². The molecule has 0 aromatic heterocycles. The van der Waals surface area contributed by atoms with Crippen molar-refractivity contribution in [2.75, 3.05) is 13.2 Å². The van der Waals surface area contributed by atoms with Crippen LogP contribution in [0.4, 0.5) is 0 Å². The first-order valence-electron chi connectivity index (χ1n) is 6.53. The summed E-state index contributed by atoms with van der Waals surface area (Å²) in [6.45, 7) is 3.79. The molecule has 0 fully saturated rings. The minimum Gasteiger partial charge on any atom is -0.483 e. The third kappa shape index (κ3) is 6.59. The number of hydrogen-bond acceptors (Lipinski definition) is 3. The molecule has 0 unspecified atom stereocenters. The predicted molar refractivity (Wildman–Crippen MR) is 80.1 cm³/mol. The van der Waals surface area contributed by atoms with Crippen molar-refractivity contribution >= 4 is 21.8 Å². The summed E-state index contributed by atoms with van der Waals surface area (Å²) >= 11 is 3.44. The van der Waals surface area contributed by atoms with Crippen molar-refractivity contribution in [3.8, 4) is 5.75 Å². The van der Waals surface area contributed by atoms with Crippen molar-refractivity contribution in [2.24, 2.45) is 5.73 Å². The van der Waals surface area contributed by atoms with E-state index < -0.39 is 5.91 Å². The van der Waals surface area contributed by atoms with Crippen molar-refractivity contribution < 1.29 is 9.53 Å². The van der Waals surface area contributed by atoms with Crippen molar-refractivity contribution in [3.05, 3.63) is 28.2 Å². The SMILES string of the molecule is CCCCCNCc1cc(Br)ccc1OCC(N)=O. The highest BCUT2D eigenvalue weighted by molar-refractivity contribution is 9.10. The number of carbonyl (C=O) groups excluding carboxylic acids is 1. The minimum absolute atomic E-state index is 0.0928. The molecular weight excluding hydrogens is 308 g/mol.